The Labute approximate surface area is 124 Å². The fraction of sp³-hybridized carbons (Fsp3) is 1.00. The number of hydrogen-bond donors (Lipinski definition) is 1. The first-order valence-electron chi connectivity index (χ1n) is 7.87. The highest BCUT2D eigenvalue weighted by molar-refractivity contribution is 4.64. The van der Waals surface area contributed by atoms with Crippen LogP contribution in [0, 0.1) is 0 Å². The van der Waals surface area contributed by atoms with Gasteiger partial charge in [0, 0.05) is 13.7 Å². The molecule has 0 aromatic carbocycles. The van der Waals surface area contributed by atoms with E-state index in [1.54, 1.807) is 7.11 Å². The van der Waals surface area contributed by atoms with Crippen LogP contribution in [0.1, 0.15) is 27.2 Å². The predicted octanol–water partition coefficient (Wildman–Crippen LogP) is 1.06. The van der Waals surface area contributed by atoms with E-state index in [9.17, 15) is 5.11 Å². The highest BCUT2D eigenvalue weighted by atomic mass is 16.5. The molecular formula is C15H34N2O3. The fourth-order valence-electron chi connectivity index (χ4n) is 2.15. The molecule has 122 valence electrons. The topological polar surface area (TPSA) is 45.2 Å². The average Bonchev–Trinajstić information content (AvgIpc) is 2.47. The van der Waals surface area contributed by atoms with Crippen LogP contribution >= 0.6 is 0 Å². The van der Waals surface area contributed by atoms with E-state index in [0.717, 1.165) is 39.1 Å². The van der Waals surface area contributed by atoms with E-state index in [0.29, 0.717) is 26.4 Å². The summed E-state index contributed by atoms with van der Waals surface area (Å²) in [7, 11) is 1.65. The second-order valence-electron chi connectivity index (χ2n) is 5.00. The summed E-state index contributed by atoms with van der Waals surface area (Å²) >= 11 is 0. The van der Waals surface area contributed by atoms with E-state index in [1.165, 1.54) is 0 Å². The maximum absolute atomic E-state index is 9.93. The molecule has 0 aliphatic carbocycles. The van der Waals surface area contributed by atoms with Crippen LogP contribution in [-0.2, 0) is 9.47 Å². The maximum Gasteiger partial charge on any atom is 0.0900 e. The third-order valence-corrected chi connectivity index (χ3v) is 3.50. The van der Waals surface area contributed by atoms with Gasteiger partial charge in [0.25, 0.3) is 0 Å². The smallest absolute Gasteiger partial charge is 0.0900 e. The van der Waals surface area contributed by atoms with Crippen molar-refractivity contribution in [2.45, 2.75) is 33.3 Å². The Kier molecular flexibility index (Phi) is 13.6. The molecule has 1 unspecified atom stereocenters. The molecule has 1 N–H and O–H groups in total. The van der Waals surface area contributed by atoms with E-state index in [1.807, 2.05) is 0 Å². The first kappa shape index (κ1) is 19.8. The minimum atomic E-state index is -0.416. The van der Waals surface area contributed by atoms with Gasteiger partial charge in [-0.3, -0.25) is 0 Å². The predicted molar refractivity (Wildman–Crippen MR) is 83.2 cm³/mol. The molecule has 0 heterocycles. The zero-order valence-corrected chi connectivity index (χ0v) is 13.8. The van der Waals surface area contributed by atoms with Crippen molar-refractivity contribution >= 4 is 0 Å². The van der Waals surface area contributed by atoms with Crippen LogP contribution in [0.3, 0.4) is 0 Å². The molecule has 5 heteroatoms. The summed E-state index contributed by atoms with van der Waals surface area (Å²) in [4.78, 5) is 4.71. The van der Waals surface area contributed by atoms with Crippen LogP contribution in [0.15, 0.2) is 0 Å². The Bertz CT molecular complexity index is 202. The van der Waals surface area contributed by atoms with Crippen molar-refractivity contribution in [3.05, 3.63) is 0 Å². The first-order valence-corrected chi connectivity index (χ1v) is 7.87. The van der Waals surface area contributed by atoms with Crippen molar-refractivity contribution in [1.29, 1.82) is 0 Å². The molecule has 0 amide bonds. The molecule has 20 heavy (non-hydrogen) atoms. The van der Waals surface area contributed by atoms with E-state index < -0.39 is 6.10 Å². The van der Waals surface area contributed by atoms with Crippen molar-refractivity contribution < 1.29 is 14.6 Å². The highest BCUT2D eigenvalue weighted by Crippen LogP contribution is 1.98. The average molecular weight is 290 g/mol. The lowest BCUT2D eigenvalue weighted by atomic mass is 10.3. The van der Waals surface area contributed by atoms with Crippen molar-refractivity contribution in [2.24, 2.45) is 0 Å². The van der Waals surface area contributed by atoms with Gasteiger partial charge < -0.3 is 24.4 Å². The third-order valence-electron chi connectivity index (χ3n) is 3.50. The monoisotopic (exact) mass is 290 g/mol. The third kappa shape index (κ3) is 10.6. The quantitative estimate of drug-likeness (QED) is 0.485. The molecule has 0 aromatic heterocycles. The van der Waals surface area contributed by atoms with Crippen LogP contribution in [-0.4, -0.2) is 87.2 Å². The van der Waals surface area contributed by atoms with Gasteiger partial charge in [-0.05, 0) is 39.1 Å². The number of ether oxygens (including phenoxy) is 2. The van der Waals surface area contributed by atoms with E-state index in [2.05, 4.69) is 30.6 Å². The Morgan fingerprint density at radius 1 is 0.950 bits per heavy atom. The van der Waals surface area contributed by atoms with Crippen LogP contribution in [0.2, 0.25) is 0 Å². The van der Waals surface area contributed by atoms with Crippen LogP contribution in [0.25, 0.3) is 0 Å². The summed E-state index contributed by atoms with van der Waals surface area (Å²) in [6.45, 7) is 14.1. The lowest BCUT2D eigenvalue weighted by Crippen LogP contribution is -2.37. The zero-order chi connectivity index (χ0) is 15.2. The molecule has 0 rings (SSSR count). The van der Waals surface area contributed by atoms with Gasteiger partial charge in [-0.2, -0.15) is 0 Å². The van der Waals surface area contributed by atoms with Gasteiger partial charge in [0.15, 0.2) is 0 Å². The summed E-state index contributed by atoms with van der Waals surface area (Å²) in [6, 6.07) is 0. The molecule has 0 aliphatic rings. The number of aliphatic hydroxyl groups excluding tert-OH is 1. The molecule has 0 fully saturated rings. The summed E-state index contributed by atoms with van der Waals surface area (Å²) in [6.07, 6.45) is 0.729. The summed E-state index contributed by atoms with van der Waals surface area (Å²) in [5.41, 5.74) is 0. The SMILES string of the molecule is CCN(CC)CCCN(CC)CC(O)COCCOC. The van der Waals surface area contributed by atoms with E-state index >= 15 is 0 Å². The number of rotatable bonds is 14. The summed E-state index contributed by atoms with van der Waals surface area (Å²) in [5.74, 6) is 0. The first-order chi connectivity index (χ1) is 9.67. The van der Waals surface area contributed by atoms with Crippen LogP contribution < -0.4 is 0 Å². The Balaban J connectivity index is 3.73. The second-order valence-corrected chi connectivity index (χ2v) is 5.00. The van der Waals surface area contributed by atoms with Crippen molar-refractivity contribution in [3.63, 3.8) is 0 Å². The molecular weight excluding hydrogens is 256 g/mol. The van der Waals surface area contributed by atoms with Gasteiger partial charge in [0.2, 0.25) is 0 Å². The van der Waals surface area contributed by atoms with Gasteiger partial charge >= 0.3 is 0 Å². The lowest BCUT2D eigenvalue weighted by Gasteiger charge is -2.25. The number of likely N-dealkylation sites (N-methyl/N-ethyl adjacent to an activating group) is 1. The summed E-state index contributed by atoms with van der Waals surface area (Å²) in [5, 5.41) is 9.93. The van der Waals surface area contributed by atoms with Crippen LogP contribution in [0.5, 0.6) is 0 Å². The van der Waals surface area contributed by atoms with E-state index in [-0.39, 0.29) is 0 Å². The Morgan fingerprint density at radius 2 is 1.55 bits per heavy atom. The number of nitrogens with zero attached hydrogens (tertiary/aromatic N) is 2. The molecule has 0 saturated heterocycles. The van der Waals surface area contributed by atoms with Crippen molar-refractivity contribution in [3.8, 4) is 0 Å². The number of aliphatic hydroxyl groups is 1. The molecule has 0 radical (unpaired) electrons. The standard InChI is InChI=1S/C15H34N2O3/c1-5-16(6-2)9-8-10-17(7-3)13-15(18)14-20-12-11-19-4/h15,18H,5-14H2,1-4H3. The van der Waals surface area contributed by atoms with Gasteiger partial charge in [0.05, 0.1) is 25.9 Å². The molecule has 0 bridgehead atoms. The van der Waals surface area contributed by atoms with Crippen LogP contribution in [0.4, 0.5) is 0 Å². The molecule has 1 atom stereocenters. The summed E-state index contributed by atoms with van der Waals surface area (Å²) < 4.78 is 10.2. The normalized spacial score (nSPS) is 13.3. The molecule has 5 nitrogen and oxygen atoms in total. The Morgan fingerprint density at radius 3 is 2.10 bits per heavy atom. The van der Waals surface area contributed by atoms with Gasteiger partial charge in [-0.1, -0.05) is 20.8 Å². The van der Waals surface area contributed by atoms with Crippen molar-refractivity contribution in [1.82, 2.24) is 9.80 Å². The zero-order valence-electron chi connectivity index (χ0n) is 13.8. The van der Waals surface area contributed by atoms with Gasteiger partial charge in [-0.15, -0.1) is 0 Å². The van der Waals surface area contributed by atoms with E-state index in [4.69, 9.17) is 9.47 Å². The molecule has 0 aromatic rings. The number of methoxy groups -OCH3 is 1. The maximum atomic E-state index is 9.93. The largest absolute Gasteiger partial charge is 0.389 e. The molecule has 0 aliphatic heterocycles. The second kappa shape index (κ2) is 13.8. The van der Waals surface area contributed by atoms with Crippen molar-refractivity contribution in [2.75, 3.05) is 66.2 Å². The Hall–Kier alpha value is -0.200. The van der Waals surface area contributed by atoms with Gasteiger partial charge in [-0.25, -0.2) is 0 Å². The minimum absolute atomic E-state index is 0.385. The molecule has 0 spiro atoms. The number of hydrogen-bond acceptors (Lipinski definition) is 5. The molecule has 0 saturated carbocycles. The minimum Gasteiger partial charge on any atom is -0.389 e. The lowest BCUT2D eigenvalue weighted by molar-refractivity contribution is -0.000272. The van der Waals surface area contributed by atoms with Gasteiger partial charge in [0.1, 0.15) is 0 Å². The highest BCUT2D eigenvalue weighted by Gasteiger charge is 2.10. The fourth-order valence-corrected chi connectivity index (χ4v) is 2.15.